The van der Waals surface area contributed by atoms with Crippen LogP contribution in [-0.2, 0) is 9.53 Å². The summed E-state index contributed by atoms with van der Waals surface area (Å²) >= 11 is 3.35. The molecule has 0 atom stereocenters. The van der Waals surface area contributed by atoms with Crippen LogP contribution in [0, 0.1) is 0 Å². The van der Waals surface area contributed by atoms with Crippen LogP contribution < -0.4 is 4.90 Å². The lowest BCUT2D eigenvalue weighted by molar-refractivity contribution is -0.154. The van der Waals surface area contributed by atoms with E-state index in [-0.39, 0.29) is 5.97 Å². The van der Waals surface area contributed by atoms with Crippen molar-refractivity contribution < 1.29 is 14.3 Å². The van der Waals surface area contributed by atoms with Gasteiger partial charge in [0.2, 0.25) is 0 Å². The number of esters is 1. The number of hydrogen-bond donors (Lipinski definition) is 0. The monoisotopic (exact) mass is 355 g/mol. The van der Waals surface area contributed by atoms with Gasteiger partial charge in [-0.05, 0) is 45.4 Å². The molecule has 116 valence electrons. The molecule has 0 heterocycles. The summed E-state index contributed by atoms with van der Waals surface area (Å²) in [6, 6.07) is 5.57. The summed E-state index contributed by atoms with van der Waals surface area (Å²) in [7, 11) is 1.91. The fourth-order valence-corrected chi connectivity index (χ4v) is 2.32. The Kier molecular flexibility index (Phi) is 6.40. The average molecular weight is 356 g/mol. The summed E-state index contributed by atoms with van der Waals surface area (Å²) in [4.78, 5) is 24.7. The van der Waals surface area contributed by atoms with Crippen molar-refractivity contribution in [2.75, 3.05) is 18.5 Å². The first-order chi connectivity index (χ1) is 9.73. The van der Waals surface area contributed by atoms with E-state index in [0.29, 0.717) is 24.9 Å². The van der Waals surface area contributed by atoms with Gasteiger partial charge in [-0.15, -0.1) is 0 Å². The Bertz CT molecular complexity index is 509. The predicted molar refractivity (Wildman–Crippen MR) is 87.9 cm³/mol. The minimum atomic E-state index is -0.445. The maximum atomic E-state index is 11.6. The molecule has 1 rings (SSSR count). The Labute approximate surface area is 134 Å². The summed E-state index contributed by atoms with van der Waals surface area (Å²) in [5.74, 6) is -0.192. The Hall–Kier alpha value is -1.36. The number of hydrogen-bond acceptors (Lipinski definition) is 4. The molecule has 4 nitrogen and oxygen atoms in total. The molecule has 21 heavy (non-hydrogen) atoms. The molecule has 5 heteroatoms. The van der Waals surface area contributed by atoms with Crippen molar-refractivity contribution in [3.05, 3.63) is 28.2 Å². The first kappa shape index (κ1) is 17.7. The lowest BCUT2D eigenvalue weighted by Gasteiger charge is -2.22. The highest BCUT2D eigenvalue weighted by Crippen LogP contribution is 2.22. The number of nitrogens with zero attached hydrogens (tertiary/aromatic N) is 1. The van der Waals surface area contributed by atoms with Gasteiger partial charge in [-0.1, -0.05) is 15.9 Å². The maximum Gasteiger partial charge on any atom is 0.306 e. The standard InChI is InChI=1S/C16H22BrNO3/c1-16(2,3)21-15(20)6-5-9-18(4)14-8-7-13(17)10-12(14)11-19/h7-8,10-11H,5-6,9H2,1-4H3. The maximum absolute atomic E-state index is 11.6. The lowest BCUT2D eigenvalue weighted by Crippen LogP contribution is -2.25. The fourth-order valence-electron chi connectivity index (χ4n) is 1.94. The number of carbonyl (C=O) groups is 2. The van der Waals surface area contributed by atoms with Gasteiger partial charge in [0, 0.05) is 35.7 Å². The van der Waals surface area contributed by atoms with E-state index >= 15 is 0 Å². The third kappa shape index (κ3) is 6.29. The van der Waals surface area contributed by atoms with Gasteiger partial charge >= 0.3 is 5.97 Å². The van der Waals surface area contributed by atoms with Crippen LogP contribution in [0.2, 0.25) is 0 Å². The number of ether oxygens (including phenoxy) is 1. The van der Waals surface area contributed by atoms with Gasteiger partial charge in [0.25, 0.3) is 0 Å². The van der Waals surface area contributed by atoms with Crippen LogP contribution in [0.4, 0.5) is 5.69 Å². The van der Waals surface area contributed by atoms with E-state index < -0.39 is 5.60 Å². The smallest absolute Gasteiger partial charge is 0.306 e. The van der Waals surface area contributed by atoms with E-state index in [2.05, 4.69) is 15.9 Å². The third-order valence-corrected chi connectivity index (χ3v) is 3.32. The molecular formula is C16H22BrNO3. The molecule has 0 radical (unpaired) electrons. The number of anilines is 1. The summed E-state index contributed by atoms with van der Waals surface area (Å²) < 4.78 is 6.14. The van der Waals surface area contributed by atoms with Crippen molar-refractivity contribution in [3.8, 4) is 0 Å². The van der Waals surface area contributed by atoms with Crippen LogP contribution in [0.5, 0.6) is 0 Å². The minimum Gasteiger partial charge on any atom is -0.460 e. The topological polar surface area (TPSA) is 46.6 Å². The second kappa shape index (κ2) is 7.59. The number of rotatable bonds is 6. The zero-order valence-corrected chi connectivity index (χ0v) is 14.6. The third-order valence-electron chi connectivity index (χ3n) is 2.82. The molecule has 0 aromatic heterocycles. The molecule has 0 aliphatic heterocycles. The largest absolute Gasteiger partial charge is 0.460 e. The van der Waals surface area contributed by atoms with Crippen LogP contribution in [-0.4, -0.2) is 31.4 Å². The second-order valence-corrected chi connectivity index (χ2v) is 6.85. The Balaban J connectivity index is 2.53. The minimum absolute atomic E-state index is 0.192. The van der Waals surface area contributed by atoms with E-state index in [1.807, 2.05) is 44.9 Å². The number of benzene rings is 1. The van der Waals surface area contributed by atoms with Crippen molar-refractivity contribution in [2.24, 2.45) is 0 Å². The van der Waals surface area contributed by atoms with Crippen molar-refractivity contribution in [2.45, 2.75) is 39.2 Å². The molecule has 0 bridgehead atoms. The quantitative estimate of drug-likeness (QED) is 0.574. The molecule has 0 spiro atoms. The predicted octanol–water partition coefficient (Wildman–Crippen LogP) is 3.82. The molecular weight excluding hydrogens is 334 g/mol. The Morgan fingerprint density at radius 1 is 1.38 bits per heavy atom. The molecule has 0 unspecified atom stereocenters. The van der Waals surface area contributed by atoms with E-state index in [4.69, 9.17) is 4.74 Å². The molecule has 0 aliphatic rings. The van der Waals surface area contributed by atoms with Gasteiger partial charge in [0.15, 0.2) is 6.29 Å². The molecule has 0 N–H and O–H groups in total. The molecule has 0 saturated carbocycles. The van der Waals surface area contributed by atoms with E-state index in [1.165, 1.54) is 0 Å². The van der Waals surface area contributed by atoms with Gasteiger partial charge in [0.05, 0.1) is 0 Å². The van der Waals surface area contributed by atoms with Gasteiger partial charge in [-0.3, -0.25) is 9.59 Å². The zero-order valence-electron chi connectivity index (χ0n) is 13.0. The van der Waals surface area contributed by atoms with Gasteiger partial charge < -0.3 is 9.64 Å². The van der Waals surface area contributed by atoms with E-state index in [0.717, 1.165) is 16.4 Å². The van der Waals surface area contributed by atoms with Crippen molar-refractivity contribution in [3.63, 3.8) is 0 Å². The highest BCUT2D eigenvalue weighted by atomic mass is 79.9. The van der Waals surface area contributed by atoms with Crippen molar-refractivity contribution in [1.29, 1.82) is 0 Å². The first-order valence-electron chi connectivity index (χ1n) is 6.90. The molecule has 0 saturated heterocycles. The normalized spacial score (nSPS) is 11.1. The summed E-state index contributed by atoms with van der Waals surface area (Å²) in [5.41, 5.74) is 1.04. The SMILES string of the molecule is CN(CCCC(=O)OC(C)(C)C)c1ccc(Br)cc1C=O. The molecule has 0 fully saturated rings. The highest BCUT2D eigenvalue weighted by Gasteiger charge is 2.16. The van der Waals surface area contributed by atoms with Crippen molar-refractivity contribution in [1.82, 2.24) is 0 Å². The lowest BCUT2D eigenvalue weighted by atomic mass is 10.1. The van der Waals surface area contributed by atoms with Gasteiger partial charge in [0.1, 0.15) is 5.60 Å². The Morgan fingerprint density at radius 2 is 2.05 bits per heavy atom. The molecule has 0 amide bonds. The molecule has 1 aromatic carbocycles. The van der Waals surface area contributed by atoms with Crippen molar-refractivity contribution >= 4 is 33.9 Å². The fraction of sp³-hybridized carbons (Fsp3) is 0.500. The van der Waals surface area contributed by atoms with Gasteiger partial charge in [-0.25, -0.2) is 0 Å². The van der Waals surface area contributed by atoms with Crippen LogP contribution in [0.3, 0.4) is 0 Å². The summed E-state index contributed by atoms with van der Waals surface area (Å²) in [6.07, 6.45) is 1.89. The average Bonchev–Trinajstić information content (AvgIpc) is 2.36. The van der Waals surface area contributed by atoms with E-state index in [9.17, 15) is 9.59 Å². The number of aldehydes is 1. The van der Waals surface area contributed by atoms with Crippen LogP contribution in [0.1, 0.15) is 44.0 Å². The Morgan fingerprint density at radius 3 is 2.62 bits per heavy atom. The zero-order chi connectivity index (χ0) is 16.0. The second-order valence-electron chi connectivity index (χ2n) is 5.93. The van der Waals surface area contributed by atoms with Crippen LogP contribution >= 0.6 is 15.9 Å². The number of halogens is 1. The summed E-state index contributed by atoms with van der Waals surface area (Å²) in [5, 5.41) is 0. The first-order valence-corrected chi connectivity index (χ1v) is 7.70. The molecule has 0 aliphatic carbocycles. The van der Waals surface area contributed by atoms with E-state index in [1.54, 1.807) is 6.07 Å². The highest BCUT2D eigenvalue weighted by molar-refractivity contribution is 9.10. The van der Waals surface area contributed by atoms with Crippen LogP contribution in [0.15, 0.2) is 22.7 Å². The van der Waals surface area contributed by atoms with Gasteiger partial charge in [-0.2, -0.15) is 0 Å². The number of carbonyl (C=O) groups excluding carboxylic acids is 2. The van der Waals surface area contributed by atoms with Crippen LogP contribution in [0.25, 0.3) is 0 Å². The summed E-state index contributed by atoms with van der Waals surface area (Å²) in [6.45, 7) is 6.25. The molecule has 1 aromatic rings.